The predicted octanol–water partition coefficient (Wildman–Crippen LogP) is -0.270. The van der Waals surface area contributed by atoms with E-state index in [1.54, 1.807) is 12.4 Å². The molecule has 0 amide bonds. The highest BCUT2D eigenvalue weighted by Crippen LogP contribution is 2.06. The average molecular weight is 220 g/mol. The number of aromatic amines is 2. The summed E-state index contributed by atoms with van der Waals surface area (Å²) in [4.78, 5) is 24.5. The maximum Gasteiger partial charge on any atom is 0.276 e. The van der Waals surface area contributed by atoms with Crippen molar-refractivity contribution in [2.75, 3.05) is 17.6 Å². The molecule has 0 aliphatic carbocycles. The molecule has 0 aliphatic heterocycles. The quantitative estimate of drug-likeness (QED) is 0.566. The van der Waals surface area contributed by atoms with E-state index < -0.39 is 0 Å². The highest BCUT2D eigenvalue weighted by molar-refractivity contribution is 5.58. The lowest BCUT2D eigenvalue weighted by molar-refractivity contribution is 0.919. The molecule has 0 aliphatic rings. The zero-order valence-corrected chi connectivity index (χ0v) is 8.53. The van der Waals surface area contributed by atoms with Crippen LogP contribution in [0.5, 0.6) is 0 Å². The molecule has 5 N–H and O–H groups in total. The third-order valence-corrected chi connectivity index (χ3v) is 2.10. The number of nitrogen functional groups attached to an aromatic ring is 1. The molecule has 0 radical (unpaired) electrons. The van der Waals surface area contributed by atoms with Gasteiger partial charge >= 0.3 is 0 Å². The van der Waals surface area contributed by atoms with E-state index in [9.17, 15) is 4.79 Å². The van der Waals surface area contributed by atoms with Crippen LogP contribution >= 0.6 is 0 Å². The number of hydrogen-bond donors (Lipinski definition) is 4. The van der Waals surface area contributed by atoms with Crippen LogP contribution in [-0.4, -0.2) is 26.5 Å². The van der Waals surface area contributed by atoms with E-state index in [-0.39, 0.29) is 11.2 Å². The van der Waals surface area contributed by atoms with Gasteiger partial charge in [-0.3, -0.25) is 4.79 Å². The largest absolute Gasteiger partial charge is 0.391 e. The van der Waals surface area contributed by atoms with Crippen LogP contribution in [0.2, 0.25) is 0 Å². The maximum absolute atomic E-state index is 11.2. The SMILES string of the molecule is Nc1c(NCCc2ncc[nH]2)nc[nH]c1=O. The van der Waals surface area contributed by atoms with Crippen LogP contribution in [-0.2, 0) is 6.42 Å². The van der Waals surface area contributed by atoms with Crippen molar-refractivity contribution in [2.45, 2.75) is 6.42 Å². The maximum atomic E-state index is 11.2. The molecule has 2 aromatic heterocycles. The summed E-state index contributed by atoms with van der Waals surface area (Å²) in [7, 11) is 0. The monoisotopic (exact) mass is 220 g/mol. The summed E-state index contributed by atoms with van der Waals surface area (Å²) in [5.41, 5.74) is 5.31. The van der Waals surface area contributed by atoms with Gasteiger partial charge in [0.2, 0.25) is 0 Å². The molecular weight excluding hydrogens is 208 g/mol. The Kier molecular flexibility index (Phi) is 2.86. The first-order valence-corrected chi connectivity index (χ1v) is 4.82. The predicted molar refractivity (Wildman–Crippen MR) is 60.1 cm³/mol. The van der Waals surface area contributed by atoms with Gasteiger partial charge in [0, 0.05) is 25.4 Å². The first-order chi connectivity index (χ1) is 7.77. The Labute approximate surface area is 91.1 Å². The third kappa shape index (κ3) is 2.19. The van der Waals surface area contributed by atoms with Gasteiger partial charge in [-0.2, -0.15) is 0 Å². The fourth-order valence-electron chi connectivity index (χ4n) is 1.29. The third-order valence-electron chi connectivity index (χ3n) is 2.10. The van der Waals surface area contributed by atoms with E-state index in [1.165, 1.54) is 6.33 Å². The summed E-state index contributed by atoms with van der Waals surface area (Å²) < 4.78 is 0. The van der Waals surface area contributed by atoms with Crippen molar-refractivity contribution in [1.82, 2.24) is 19.9 Å². The lowest BCUT2D eigenvalue weighted by atomic mass is 10.4. The second-order valence-corrected chi connectivity index (χ2v) is 3.21. The minimum absolute atomic E-state index is 0.0990. The lowest BCUT2D eigenvalue weighted by Crippen LogP contribution is -2.17. The van der Waals surface area contributed by atoms with Crippen LogP contribution in [0.25, 0.3) is 0 Å². The number of anilines is 2. The molecular formula is C9H12N6O. The van der Waals surface area contributed by atoms with Crippen molar-refractivity contribution >= 4 is 11.5 Å². The Morgan fingerprint density at radius 3 is 3.00 bits per heavy atom. The van der Waals surface area contributed by atoms with Crippen LogP contribution in [0.3, 0.4) is 0 Å². The van der Waals surface area contributed by atoms with Gasteiger partial charge in [0.15, 0.2) is 5.82 Å². The standard InChI is InChI=1S/C9H12N6O/c10-7-8(14-5-15-9(7)16)13-2-1-6-11-3-4-12-6/h3-5H,1-2,10H2,(H,11,12)(H2,13,14,15,16). The molecule has 0 aromatic carbocycles. The van der Waals surface area contributed by atoms with E-state index in [1.807, 2.05) is 0 Å². The summed E-state index contributed by atoms with van der Waals surface area (Å²) in [6.45, 7) is 0.605. The highest BCUT2D eigenvalue weighted by atomic mass is 16.1. The van der Waals surface area contributed by atoms with Crippen LogP contribution in [0.1, 0.15) is 5.82 Å². The van der Waals surface area contributed by atoms with Gasteiger partial charge in [-0.05, 0) is 0 Å². The molecule has 0 spiro atoms. The first-order valence-electron chi connectivity index (χ1n) is 4.82. The minimum Gasteiger partial charge on any atom is -0.391 e. The van der Waals surface area contributed by atoms with Gasteiger partial charge in [-0.15, -0.1) is 0 Å². The van der Waals surface area contributed by atoms with Crippen molar-refractivity contribution in [3.05, 3.63) is 34.9 Å². The number of H-pyrrole nitrogens is 2. The lowest BCUT2D eigenvalue weighted by Gasteiger charge is -2.05. The molecule has 7 nitrogen and oxygen atoms in total. The Balaban J connectivity index is 1.95. The number of nitrogens with zero attached hydrogens (tertiary/aromatic N) is 2. The summed E-state index contributed by atoms with van der Waals surface area (Å²) in [6.07, 6.45) is 5.47. The van der Waals surface area contributed by atoms with E-state index in [2.05, 4.69) is 25.3 Å². The van der Waals surface area contributed by atoms with Crippen molar-refractivity contribution in [3.8, 4) is 0 Å². The Morgan fingerprint density at radius 1 is 1.38 bits per heavy atom. The van der Waals surface area contributed by atoms with Gasteiger partial charge in [-0.1, -0.05) is 0 Å². The van der Waals surface area contributed by atoms with Gasteiger partial charge in [0.1, 0.15) is 11.5 Å². The molecule has 0 atom stereocenters. The smallest absolute Gasteiger partial charge is 0.276 e. The molecule has 84 valence electrons. The molecule has 0 fully saturated rings. The molecule has 2 rings (SSSR count). The Morgan fingerprint density at radius 2 is 2.25 bits per heavy atom. The van der Waals surface area contributed by atoms with E-state index in [0.29, 0.717) is 18.8 Å². The summed E-state index contributed by atoms with van der Waals surface area (Å²) in [6, 6.07) is 0. The number of rotatable bonds is 4. The van der Waals surface area contributed by atoms with Crippen LogP contribution in [0.15, 0.2) is 23.5 Å². The molecule has 7 heteroatoms. The van der Waals surface area contributed by atoms with E-state index in [0.717, 1.165) is 5.82 Å². The van der Waals surface area contributed by atoms with Crippen molar-refractivity contribution in [3.63, 3.8) is 0 Å². The fourth-order valence-corrected chi connectivity index (χ4v) is 1.29. The first kappa shape index (κ1) is 10.2. The van der Waals surface area contributed by atoms with Gasteiger partial charge < -0.3 is 21.0 Å². The summed E-state index contributed by atoms with van der Waals surface area (Å²) in [5.74, 6) is 1.27. The van der Waals surface area contributed by atoms with Crippen molar-refractivity contribution in [1.29, 1.82) is 0 Å². The second-order valence-electron chi connectivity index (χ2n) is 3.21. The molecule has 0 saturated heterocycles. The number of imidazole rings is 1. The molecule has 2 heterocycles. The summed E-state index contributed by atoms with van der Waals surface area (Å²) in [5, 5.41) is 2.98. The van der Waals surface area contributed by atoms with Gasteiger partial charge in [0.25, 0.3) is 5.56 Å². The molecule has 0 saturated carbocycles. The highest BCUT2D eigenvalue weighted by Gasteiger charge is 2.03. The minimum atomic E-state index is -0.338. The van der Waals surface area contributed by atoms with Crippen LogP contribution in [0.4, 0.5) is 11.5 Å². The van der Waals surface area contributed by atoms with E-state index >= 15 is 0 Å². The topological polar surface area (TPSA) is 112 Å². The number of hydrogen-bond acceptors (Lipinski definition) is 5. The molecule has 2 aromatic rings. The van der Waals surface area contributed by atoms with Crippen LogP contribution < -0.4 is 16.6 Å². The molecule has 16 heavy (non-hydrogen) atoms. The average Bonchev–Trinajstić information content (AvgIpc) is 2.77. The molecule has 0 unspecified atom stereocenters. The van der Waals surface area contributed by atoms with Gasteiger partial charge in [0.05, 0.1) is 6.33 Å². The second kappa shape index (κ2) is 4.47. The van der Waals surface area contributed by atoms with Crippen molar-refractivity contribution < 1.29 is 0 Å². The van der Waals surface area contributed by atoms with E-state index in [4.69, 9.17) is 5.73 Å². The van der Waals surface area contributed by atoms with Crippen molar-refractivity contribution in [2.24, 2.45) is 0 Å². The zero-order chi connectivity index (χ0) is 11.4. The Hall–Kier alpha value is -2.31. The van der Waals surface area contributed by atoms with Crippen LogP contribution in [0, 0.1) is 0 Å². The fraction of sp³-hybridized carbons (Fsp3) is 0.222. The normalized spacial score (nSPS) is 10.2. The Bertz CT molecular complexity index is 503. The summed E-state index contributed by atoms with van der Waals surface area (Å²) >= 11 is 0. The van der Waals surface area contributed by atoms with Gasteiger partial charge in [-0.25, -0.2) is 9.97 Å². The zero-order valence-electron chi connectivity index (χ0n) is 8.53. The number of aromatic nitrogens is 4. The number of nitrogens with one attached hydrogen (secondary N) is 3. The number of nitrogens with two attached hydrogens (primary N) is 1. The molecule has 0 bridgehead atoms.